The Balaban J connectivity index is 2.21. The van der Waals surface area contributed by atoms with E-state index in [1.807, 2.05) is 0 Å². The van der Waals surface area contributed by atoms with E-state index in [1.54, 1.807) is 39.0 Å². The number of rotatable bonds is 3. The Bertz CT molecular complexity index is 687. The number of carbonyl (C=O) groups is 2. The summed E-state index contributed by atoms with van der Waals surface area (Å²) >= 11 is 0. The van der Waals surface area contributed by atoms with Crippen LogP contribution in [-0.4, -0.2) is 27.3 Å². The molecule has 21 heavy (non-hydrogen) atoms. The Labute approximate surface area is 121 Å². The maximum absolute atomic E-state index is 12.0. The third-order valence-electron chi connectivity index (χ3n) is 3.10. The van der Waals surface area contributed by atoms with Crippen molar-refractivity contribution >= 4 is 23.4 Å². The highest BCUT2D eigenvalue weighted by atomic mass is 16.4. The Hall–Kier alpha value is -2.83. The number of carbonyl (C=O) groups excluding carboxylic acids is 1. The van der Waals surface area contributed by atoms with Crippen LogP contribution < -0.4 is 10.6 Å². The average Bonchev–Trinajstić information content (AvgIpc) is 2.70. The van der Waals surface area contributed by atoms with Gasteiger partial charge in [0.15, 0.2) is 0 Å². The molecule has 2 aromatic rings. The number of nitrogens with one attached hydrogen (secondary N) is 3. The molecule has 0 aliphatic heterocycles. The van der Waals surface area contributed by atoms with E-state index in [9.17, 15) is 14.7 Å². The van der Waals surface area contributed by atoms with Crippen LogP contribution in [0.5, 0.6) is 0 Å². The number of aryl methyl sites for hydroxylation is 3. The van der Waals surface area contributed by atoms with E-state index in [-0.39, 0.29) is 11.3 Å². The number of aromatic amines is 1. The van der Waals surface area contributed by atoms with E-state index in [1.165, 1.54) is 0 Å². The predicted octanol–water partition coefficient (Wildman–Crippen LogP) is 2.68. The molecule has 7 heteroatoms. The number of carboxylic acids is 1. The van der Waals surface area contributed by atoms with Crippen LogP contribution in [0.4, 0.5) is 16.2 Å². The summed E-state index contributed by atoms with van der Waals surface area (Å²) in [5, 5.41) is 21.2. The molecule has 2 amide bonds. The van der Waals surface area contributed by atoms with Crippen molar-refractivity contribution in [2.45, 2.75) is 20.8 Å². The molecule has 4 N–H and O–H groups in total. The first-order chi connectivity index (χ1) is 9.90. The smallest absolute Gasteiger partial charge is 0.338 e. The summed E-state index contributed by atoms with van der Waals surface area (Å²) in [6, 6.07) is 4.39. The van der Waals surface area contributed by atoms with Crippen LogP contribution in [-0.2, 0) is 0 Å². The summed E-state index contributed by atoms with van der Waals surface area (Å²) in [6.07, 6.45) is 0. The highest BCUT2D eigenvalue weighted by Gasteiger charge is 2.16. The van der Waals surface area contributed by atoms with Gasteiger partial charge < -0.3 is 15.7 Å². The number of hydrogen-bond donors (Lipinski definition) is 4. The number of aromatic carboxylic acids is 1. The molecule has 0 saturated carbocycles. The number of amides is 2. The summed E-state index contributed by atoms with van der Waals surface area (Å²) in [6.45, 7) is 5.22. The molecule has 0 aliphatic rings. The standard InChI is InChI=1S/C14H16N4O3/c1-7-5-4-6-10(11(7)13(19)20)15-14(21)16-12-8(2)17-18-9(12)3/h4-6H,1-3H3,(H,17,18)(H,19,20)(H2,15,16,21). The zero-order valence-corrected chi connectivity index (χ0v) is 11.9. The molecule has 1 heterocycles. The van der Waals surface area contributed by atoms with Gasteiger partial charge in [0.25, 0.3) is 0 Å². The maximum atomic E-state index is 12.0. The largest absolute Gasteiger partial charge is 0.478 e. The molecule has 0 unspecified atom stereocenters. The van der Waals surface area contributed by atoms with Crippen LogP contribution in [0.15, 0.2) is 18.2 Å². The van der Waals surface area contributed by atoms with Crippen molar-refractivity contribution in [2.24, 2.45) is 0 Å². The number of hydrogen-bond acceptors (Lipinski definition) is 3. The van der Waals surface area contributed by atoms with Gasteiger partial charge in [-0.3, -0.25) is 5.10 Å². The van der Waals surface area contributed by atoms with Gasteiger partial charge in [-0.2, -0.15) is 5.10 Å². The molecule has 110 valence electrons. The van der Waals surface area contributed by atoms with Crippen molar-refractivity contribution in [1.82, 2.24) is 10.2 Å². The van der Waals surface area contributed by atoms with Gasteiger partial charge in [0.1, 0.15) is 0 Å². The van der Waals surface area contributed by atoms with Crippen molar-refractivity contribution in [3.05, 3.63) is 40.7 Å². The lowest BCUT2D eigenvalue weighted by Crippen LogP contribution is -2.22. The zero-order chi connectivity index (χ0) is 15.6. The Morgan fingerprint density at radius 1 is 1.19 bits per heavy atom. The molecule has 2 rings (SSSR count). The topological polar surface area (TPSA) is 107 Å². The molecule has 7 nitrogen and oxygen atoms in total. The third kappa shape index (κ3) is 3.02. The van der Waals surface area contributed by atoms with Crippen LogP contribution >= 0.6 is 0 Å². The molecule has 0 bridgehead atoms. The van der Waals surface area contributed by atoms with E-state index in [0.717, 1.165) is 5.69 Å². The minimum absolute atomic E-state index is 0.0771. The lowest BCUT2D eigenvalue weighted by atomic mass is 10.1. The molecule has 0 aliphatic carbocycles. The van der Waals surface area contributed by atoms with Gasteiger partial charge in [-0.05, 0) is 32.4 Å². The average molecular weight is 288 g/mol. The van der Waals surface area contributed by atoms with Gasteiger partial charge in [0, 0.05) is 0 Å². The van der Waals surface area contributed by atoms with Crippen LogP contribution in [0, 0.1) is 20.8 Å². The lowest BCUT2D eigenvalue weighted by Gasteiger charge is -2.11. The van der Waals surface area contributed by atoms with Crippen LogP contribution in [0.2, 0.25) is 0 Å². The number of aromatic nitrogens is 2. The number of urea groups is 1. The monoisotopic (exact) mass is 288 g/mol. The molecule has 1 aromatic heterocycles. The van der Waals surface area contributed by atoms with Crippen LogP contribution in [0.1, 0.15) is 27.3 Å². The van der Waals surface area contributed by atoms with Gasteiger partial charge in [-0.1, -0.05) is 12.1 Å². The summed E-state index contributed by atoms with van der Waals surface area (Å²) < 4.78 is 0. The number of anilines is 2. The lowest BCUT2D eigenvalue weighted by molar-refractivity contribution is 0.0697. The second kappa shape index (κ2) is 5.66. The van der Waals surface area contributed by atoms with Gasteiger partial charge in [0.05, 0.1) is 28.3 Å². The van der Waals surface area contributed by atoms with Crippen molar-refractivity contribution in [1.29, 1.82) is 0 Å². The Kier molecular flexibility index (Phi) is 3.93. The summed E-state index contributed by atoms with van der Waals surface area (Å²) in [7, 11) is 0. The second-order valence-electron chi connectivity index (χ2n) is 4.69. The number of carboxylic acid groups (broad SMARTS) is 1. The van der Waals surface area contributed by atoms with E-state index in [2.05, 4.69) is 20.8 Å². The van der Waals surface area contributed by atoms with E-state index in [4.69, 9.17) is 0 Å². The molecule has 0 spiro atoms. The van der Waals surface area contributed by atoms with Crippen molar-refractivity contribution in [3.8, 4) is 0 Å². The molecule has 1 aromatic carbocycles. The normalized spacial score (nSPS) is 10.2. The first kappa shape index (κ1) is 14.6. The van der Waals surface area contributed by atoms with Gasteiger partial charge in [-0.25, -0.2) is 9.59 Å². The fourth-order valence-corrected chi connectivity index (χ4v) is 2.06. The van der Waals surface area contributed by atoms with Gasteiger partial charge in [-0.15, -0.1) is 0 Å². The van der Waals surface area contributed by atoms with E-state index < -0.39 is 12.0 Å². The SMILES string of the molecule is Cc1cccc(NC(=O)Nc2c(C)n[nH]c2C)c1C(=O)O. The van der Waals surface area contributed by atoms with Crippen LogP contribution in [0.3, 0.4) is 0 Å². The fourth-order valence-electron chi connectivity index (χ4n) is 2.06. The Morgan fingerprint density at radius 2 is 1.90 bits per heavy atom. The fraction of sp³-hybridized carbons (Fsp3) is 0.214. The molecular weight excluding hydrogens is 272 g/mol. The highest BCUT2D eigenvalue weighted by molar-refractivity contribution is 6.05. The molecule has 0 fully saturated rings. The second-order valence-corrected chi connectivity index (χ2v) is 4.69. The minimum atomic E-state index is -1.08. The quantitative estimate of drug-likeness (QED) is 0.696. The summed E-state index contributed by atoms with van der Waals surface area (Å²) in [5.41, 5.74) is 2.87. The molecule has 0 radical (unpaired) electrons. The van der Waals surface area contributed by atoms with Crippen molar-refractivity contribution < 1.29 is 14.7 Å². The van der Waals surface area contributed by atoms with Gasteiger partial charge >= 0.3 is 12.0 Å². The molecule has 0 saturated heterocycles. The number of benzene rings is 1. The summed E-state index contributed by atoms with van der Waals surface area (Å²) in [5.74, 6) is -1.08. The molecular formula is C14H16N4O3. The predicted molar refractivity (Wildman–Crippen MR) is 78.8 cm³/mol. The highest BCUT2D eigenvalue weighted by Crippen LogP contribution is 2.21. The minimum Gasteiger partial charge on any atom is -0.478 e. The van der Waals surface area contributed by atoms with Gasteiger partial charge in [0.2, 0.25) is 0 Å². The first-order valence-electron chi connectivity index (χ1n) is 6.32. The zero-order valence-electron chi connectivity index (χ0n) is 11.9. The van der Waals surface area contributed by atoms with E-state index in [0.29, 0.717) is 16.9 Å². The van der Waals surface area contributed by atoms with E-state index >= 15 is 0 Å². The number of H-pyrrole nitrogens is 1. The Morgan fingerprint density at radius 3 is 2.48 bits per heavy atom. The van der Waals surface area contributed by atoms with Crippen LogP contribution in [0.25, 0.3) is 0 Å². The van der Waals surface area contributed by atoms with Crippen molar-refractivity contribution in [3.63, 3.8) is 0 Å². The third-order valence-corrected chi connectivity index (χ3v) is 3.10. The first-order valence-corrected chi connectivity index (χ1v) is 6.32. The maximum Gasteiger partial charge on any atom is 0.338 e. The van der Waals surface area contributed by atoms with Crippen molar-refractivity contribution in [2.75, 3.05) is 10.6 Å². The number of nitrogens with zero attached hydrogens (tertiary/aromatic N) is 1. The molecule has 0 atom stereocenters. The summed E-state index contributed by atoms with van der Waals surface area (Å²) in [4.78, 5) is 23.3.